The number of rotatable bonds is 2. The Labute approximate surface area is 94.9 Å². The van der Waals surface area contributed by atoms with Gasteiger partial charge < -0.3 is 9.47 Å². The molecule has 0 fully saturated rings. The van der Waals surface area contributed by atoms with Gasteiger partial charge in [0.15, 0.2) is 0 Å². The van der Waals surface area contributed by atoms with Gasteiger partial charge in [-0.1, -0.05) is 0 Å². The van der Waals surface area contributed by atoms with Gasteiger partial charge in [-0.15, -0.1) is 0 Å². The van der Waals surface area contributed by atoms with Gasteiger partial charge in [0.25, 0.3) is 0 Å². The van der Waals surface area contributed by atoms with E-state index in [1.165, 1.54) is 0 Å². The topological polar surface area (TPSA) is 44.2 Å². The molecule has 0 aliphatic carbocycles. The molecule has 0 radical (unpaired) electrons. The summed E-state index contributed by atoms with van der Waals surface area (Å²) in [6, 6.07) is 7.22. The van der Waals surface area contributed by atoms with Crippen LogP contribution in [0.1, 0.15) is 0 Å². The molecule has 0 unspecified atom stereocenters. The van der Waals surface area contributed by atoms with Gasteiger partial charge in [-0.2, -0.15) is 0 Å². The lowest BCUT2D eigenvalue weighted by Crippen LogP contribution is -1.80. The summed E-state index contributed by atoms with van der Waals surface area (Å²) >= 11 is 0. The molecule has 0 atom stereocenters. The van der Waals surface area contributed by atoms with Gasteiger partial charge in [-0.3, -0.25) is 9.97 Å². The zero-order valence-corrected chi connectivity index (χ0v) is 9.33. The van der Waals surface area contributed by atoms with Crippen molar-refractivity contribution in [3.8, 4) is 11.5 Å². The first-order chi connectivity index (χ1) is 7.86. The molecule has 2 rings (SSSR count). The molecule has 16 heavy (non-hydrogen) atoms. The molecular weight excluding hydrogens is 204 g/mol. The summed E-state index contributed by atoms with van der Waals surface area (Å²) in [5, 5.41) is 0. The number of hydrogen-bond acceptors (Lipinski definition) is 4. The van der Waals surface area contributed by atoms with Crippen molar-refractivity contribution in [2.24, 2.45) is 0 Å². The number of ether oxygens (including phenoxy) is 2. The minimum Gasteiger partial charge on any atom is -0.497 e. The molecule has 0 saturated carbocycles. The van der Waals surface area contributed by atoms with Gasteiger partial charge >= 0.3 is 0 Å². The highest BCUT2D eigenvalue weighted by molar-refractivity contribution is 5.16. The Morgan fingerprint density at radius 3 is 1.19 bits per heavy atom. The van der Waals surface area contributed by atoms with Crippen LogP contribution in [0.15, 0.2) is 49.1 Å². The van der Waals surface area contributed by atoms with Gasteiger partial charge in [-0.25, -0.2) is 0 Å². The molecular formula is C12H14N2O2. The normalized spacial score (nSPS) is 8.62. The second-order valence-electron chi connectivity index (χ2n) is 2.77. The van der Waals surface area contributed by atoms with Crippen LogP contribution in [0.3, 0.4) is 0 Å². The molecule has 0 bridgehead atoms. The first-order valence-electron chi connectivity index (χ1n) is 4.75. The maximum Gasteiger partial charge on any atom is 0.121 e. The molecule has 0 saturated heterocycles. The van der Waals surface area contributed by atoms with Crippen molar-refractivity contribution in [3.63, 3.8) is 0 Å². The Morgan fingerprint density at radius 2 is 1.00 bits per heavy atom. The van der Waals surface area contributed by atoms with Crippen molar-refractivity contribution in [3.05, 3.63) is 49.1 Å². The van der Waals surface area contributed by atoms with Crippen molar-refractivity contribution in [1.29, 1.82) is 0 Å². The Balaban J connectivity index is 0.000000160. The third kappa shape index (κ3) is 4.41. The smallest absolute Gasteiger partial charge is 0.121 e. The Kier molecular flexibility index (Phi) is 5.41. The van der Waals surface area contributed by atoms with E-state index in [9.17, 15) is 0 Å². The lowest BCUT2D eigenvalue weighted by Gasteiger charge is -1.93. The predicted octanol–water partition coefficient (Wildman–Crippen LogP) is 2.18. The molecule has 0 N–H and O–H groups in total. The van der Waals surface area contributed by atoms with E-state index >= 15 is 0 Å². The summed E-state index contributed by atoms with van der Waals surface area (Å²) in [6.45, 7) is 0. The quantitative estimate of drug-likeness (QED) is 0.775. The van der Waals surface area contributed by atoms with Crippen LogP contribution in [-0.4, -0.2) is 24.2 Å². The standard InChI is InChI=1S/2C6H7NO/c2*1-8-6-2-4-7-5-3-6/h2*2-5H,1H3. The van der Waals surface area contributed by atoms with Crippen LogP contribution in [0.5, 0.6) is 11.5 Å². The highest BCUT2D eigenvalue weighted by Gasteiger charge is 1.81. The monoisotopic (exact) mass is 218 g/mol. The van der Waals surface area contributed by atoms with Crippen molar-refractivity contribution in [2.75, 3.05) is 14.2 Å². The van der Waals surface area contributed by atoms with Gasteiger partial charge in [0.2, 0.25) is 0 Å². The van der Waals surface area contributed by atoms with Crippen molar-refractivity contribution >= 4 is 0 Å². The van der Waals surface area contributed by atoms with E-state index in [1.807, 2.05) is 0 Å². The molecule has 2 aromatic heterocycles. The van der Waals surface area contributed by atoms with E-state index in [-0.39, 0.29) is 0 Å². The third-order valence-electron chi connectivity index (χ3n) is 1.77. The molecule has 2 aromatic rings. The Morgan fingerprint density at radius 1 is 0.688 bits per heavy atom. The van der Waals surface area contributed by atoms with Gasteiger partial charge in [0.05, 0.1) is 14.2 Å². The molecule has 2 heterocycles. The summed E-state index contributed by atoms with van der Waals surface area (Å²) in [5.74, 6) is 1.69. The molecule has 84 valence electrons. The summed E-state index contributed by atoms with van der Waals surface area (Å²) in [6.07, 6.45) is 6.77. The molecule has 0 aromatic carbocycles. The zero-order chi connectivity index (χ0) is 11.6. The average Bonchev–Trinajstić information content (AvgIpc) is 2.41. The van der Waals surface area contributed by atoms with Crippen LogP contribution in [0, 0.1) is 0 Å². The van der Waals surface area contributed by atoms with E-state index < -0.39 is 0 Å². The highest BCUT2D eigenvalue weighted by Crippen LogP contribution is 2.04. The molecule has 0 spiro atoms. The Hall–Kier alpha value is -2.10. The van der Waals surface area contributed by atoms with Gasteiger partial charge in [-0.05, 0) is 24.3 Å². The van der Waals surface area contributed by atoms with Crippen LogP contribution in [-0.2, 0) is 0 Å². The predicted molar refractivity (Wildman–Crippen MR) is 61.6 cm³/mol. The van der Waals surface area contributed by atoms with Crippen LogP contribution < -0.4 is 9.47 Å². The van der Waals surface area contributed by atoms with Crippen LogP contribution >= 0.6 is 0 Å². The molecule has 4 heteroatoms. The van der Waals surface area contributed by atoms with E-state index in [2.05, 4.69) is 9.97 Å². The fourth-order valence-corrected chi connectivity index (χ4v) is 0.949. The second-order valence-corrected chi connectivity index (χ2v) is 2.77. The maximum absolute atomic E-state index is 4.87. The molecule has 0 aliphatic heterocycles. The second kappa shape index (κ2) is 7.23. The minimum atomic E-state index is 0.847. The zero-order valence-electron chi connectivity index (χ0n) is 9.33. The van der Waals surface area contributed by atoms with Crippen molar-refractivity contribution in [2.45, 2.75) is 0 Å². The fourth-order valence-electron chi connectivity index (χ4n) is 0.949. The number of pyridine rings is 2. The first kappa shape index (κ1) is 12.0. The summed E-state index contributed by atoms with van der Waals surface area (Å²) in [4.78, 5) is 7.63. The van der Waals surface area contributed by atoms with E-state index in [0.717, 1.165) is 11.5 Å². The lowest BCUT2D eigenvalue weighted by molar-refractivity contribution is 0.414. The largest absolute Gasteiger partial charge is 0.497 e. The van der Waals surface area contributed by atoms with Crippen molar-refractivity contribution < 1.29 is 9.47 Å². The number of nitrogens with zero attached hydrogens (tertiary/aromatic N) is 2. The fraction of sp³-hybridized carbons (Fsp3) is 0.167. The van der Waals surface area contributed by atoms with Crippen LogP contribution in [0.25, 0.3) is 0 Å². The van der Waals surface area contributed by atoms with E-state index in [1.54, 1.807) is 63.3 Å². The van der Waals surface area contributed by atoms with Crippen LogP contribution in [0.4, 0.5) is 0 Å². The average molecular weight is 218 g/mol. The lowest BCUT2D eigenvalue weighted by atomic mass is 10.5. The van der Waals surface area contributed by atoms with Gasteiger partial charge in [0, 0.05) is 24.8 Å². The summed E-state index contributed by atoms with van der Waals surface area (Å²) < 4.78 is 9.75. The number of hydrogen-bond donors (Lipinski definition) is 0. The van der Waals surface area contributed by atoms with E-state index in [4.69, 9.17) is 9.47 Å². The minimum absolute atomic E-state index is 0.847. The molecule has 0 amide bonds. The highest BCUT2D eigenvalue weighted by atomic mass is 16.5. The van der Waals surface area contributed by atoms with E-state index in [0.29, 0.717) is 0 Å². The van der Waals surface area contributed by atoms with Gasteiger partial charge in [0.1, 0.15) is 11.5 Å². The molecule has 0 aliphatic rings. The third-order valence-corrected chi connectivity index (χ3v) is 1.77. The number of methoxy groups -OCH3 is 2. The summed E-state index contributed by atoms with van der Waals surface area (Å²) in [5.41, 5.74) is 0. The Bertz CT molecular complexity index is 339. The SMILES string of the molecule is COc1ccncc1.COc1ccncc1. The number of aromatic nitrogens is 2. The maximum atomic E-state index is 4.87. The van der Waals surface area contributed by atoms with Crippen molar-refractivity contribution in [1.82, 2.24) is 9.97 Å². The van der Waals surface area contributed by atoms with Crippen LogP contribution in [0.2, 0.25) is 0 Å². The molecule has 4 nitrogen and oxygen atoms in total. The summed E-state index contributed by atoms with van der Waals surface area (Å²) in [7, 11) is 3.27. The first-order valence-corrected chi connectivity index (χ1v) is 4.75.